The van der Waals surface area contributed by atoms with Gasteiger partial charge in [0.2, 0.25) is 0 Å². The minimum absolute atomic E-state index is 0.494. The Labute approximate surface area is 132 Å². The number of nitrogens with two attached hydrogens (primary N) is 1. The molecule has 22 heavy (non-hydrogen) atoms. The van der Waals surface area contributed by atoms with E-state index in [1.165, 1.54) is 30.5 Å². The van der Waals surface area contributed by atoms with Gasteiger partial charge < -0.3 is 15.4 Å². The molecule has 3 nitrogen and oxygen atoms in total. The number of aryl methyl sites for hydroxylation is 1. The summed E-state index contributed by atoms with van der Waals surface area (Å²) in [6.45, 7) is 4.79. The molecule has 0 saturated carbocycles. The van der Waals surface area contributed by atoms with Gasteiger partial charge in [0.05, 0.1) is 0 Å². The third-order valence-corrected chi connectivity index (χ3v) is 4.26. The fourth-order valence-electron chi connectivity index (χ4n) is 3.02. The van der Waals surface area contributed by atoms with E-state index in [0.717, 1.165) is 30.2 Å². The van der Waals surface area contributed by atoms with Crippen molar-refractivity contribution in [2.45, 2.75) is 32.7 Å². The first-order valence-electron chi connectivity index (χ1n) is 8.09. The quantitative estimate of drug-likeness (QED) is 0.917. The van der Waals surface area contributed by atoms with Crippen molar-refractivity contribution in [2.24, 2.45) is 5.73 Å². The minimum Gasteiger partial charge on any atom is -0.457 e. The molecule has 0 bridgehead atoms. The zero-order valence-corrected chi connectivity index (χ0v) is 13.2. The molecule has 2 N–H and O–H groups in total. The fourth-order valence-corrected chi connectivity index (χ4v) is 3.02. The summed E-state index contributed by atoms with van der Waals surface area (Å²) in [6.07, 6.45) is 3.84. The van der Waals surface area contributed by atoms with Gasteiger partial charge in [0.15, 0.2) is 0 Å². The van der Waals surface area contributed by atoms with Crippen molar-refractivity contribution in [2.75, 3.05) is 18.0 Å². The SMILES string of the molecule is Cc1ccc(Oc2cccc(N3CCCCC3)c2CN)cc1. The molecule has 3 rings (SSSR count). The molecule has 0 aromatic heterocycles. The van der Waals surface area contributed by atoms with Crippen LogP contribution in [0, 0.1) is 6.92 Å². The number of ether oxygens (including phenoxy) is 1. The van der Waals surface area contributed by atoms with Crippen molar-refractivity contribution in [3.8, 4) is 11.5 Å². The molecule has 3 heteroatoms. The van der Waals surface area contributed by atoms with Crippen LogP contribution in [0.4, 0.5) is 5.69 Å². The van der Waals surface area contributed by atoms with Gasteiger partial charge in [-0.05, 0) is 50.5 Å². The van der Waals surface area contributed by atoms with Crippen LogP contribution >= 0.6 is 0 Å². The average Bonchev–Trinajstić information content (AvgIpc) is 2.57. The fraction of sp³-hybridized carbons (Fsp3) is 0.368. The van der Waals surface area contributed by atoms with Crippen LogP contribution in [-0.2, 0) is 6.54 Å². The number of rotatable bonds is 4. The van der Waals surface area contributed by atoms with Gasteiger partial charge in [0.25, 0.3) is 0 Å². The van der Waals surface area contributed by atoms with E-state index in [1.54, 1.807) is 0 Å². The summed E-state index contributed by atoms with van der Waals surface area (Å²) >= 11 is 0. The number of anilines is 1. The summed E-state index contributed by atoms with van der Waals surface area (Å²) in [5, 5.41) is 0. The maximum Gasteiger partial charge on any atom is 0.133 e. The molecule has 2 aromatic carbocycles. The predicted octanol–water partition coefficient (Wildman–Crippen LogP) is 4.24. The maximum absolute atomic E-state index is 6.08. The van der Waals surface area contributed by atoms with Gasteiger partial charge in [-0.15, -0.1) is 0 Å². The summed E-state index contributed by atoms with van der Waals surface area (Å²) in [5.41, 5.74) is 9.59. The van der Waals surface area contributed by atoms with Crippen LogP contribution in [0.5, 0.6) is 11.5 Å². The second-order valence-corrected chi connectivity index (χ2v) is 5.92. The summed E-state index contributed by atoms with van der Waals surface area (Å²) in [7, 11) is 0. The van der Waals surface area contributed by atoms with Gasteiger partial charge in [-0.25, -0.2) is 0 Å². The standard InChI is InChI=1S/C19H24N2O/c1-15-8-10-16(11-9-15)22-19-7-5-6-18(17(19)14-20)21-12-3-2-4-13-21/h5-11H,2-4,12-14,20H2,1H3. The van der Waals surface area contributed by atoms with E-state index in [0.29, 0.717) is 6.54 Å². The molecule has 2 aromatic rings. The molecule has 1 fully saturated rings. The van der Waals surface area contributed by atoms with E-state index in [2.05, 4.69) is 36.1 Å². The lowest BCUT2D eigenvalue weighted by molar-refractivity contribution is 0.475. The highest BCUT2D eigenvalue weighted by atomic mass is 16.5. The van der Waals surface area contributed by atoms with E-state index in [9.17, 15) is 0 Å². The lowest BCUT2D eigenvalue weighted by Crippen LogP contribution is -2.30. The highest BCUT2D eigenvalue weighted by Crippen LogP contribution is 2.33. The van der Waals surface area contributed by atoms with Crippen molar-refractivity contribution < 1.29 is 4.74 Å². The Bertz CT molecular complexity index is 616. The van der Waals surface area contributed by atoms with E-state index >= 15 is 0 Å². The topological polar surface area (TPSA) is 38.5 Å². The monoisotopic (exact) mass is 296 g/mol. The zero-order valence-electron chi connectivity index (χ0n) is 13.2. The zero-order chi connectivity index (χ0) is 15.4. The molecular weight excluding hydrogens is 272 g/mol. The van der Waals surface area contributed by atoms with E-state index in [4.69, 9.17) is 10.5 Å². The first kappa shape index (κ1) is 14.9. The Morgan fingerprint density at radius 2 is 1.73 bits per heavy atom. The van der Waals surface area contributed by atoms with Crippen molar-refractivity contribution in [3.05, 3.63) is 53.6 Å². The number of piperidine rings is 1. The molecule has 1 aliphatic rings. The van der Waals surface area contributed by atoms with Gasteiger partial charge in [-0.3, -0.25) is 0 Å². The van der Waals surface area contributed by atoms with Gasteiger partial charge in [0, 0.05) is 30.9 Å². The summed E-state index contributed by atoms with van der Waals surface area (Å²) in [5.74, 6) is 1.73. The van der Waals surface area contributed by atoms with Crippen molar-refractivity contribution in [3.63, 3.8) is 0 Å². The lowest BCUT2D eigenvalue weighted by Gasteiger charge is -2.31. The van der Waals surface area contributed by atoms with Crippen LogP contribution in [0.2, 0.25) is 0 Å². The van der Waals surface area contributed by atoms with Crippen LogP contribution in [-0.4, -0.2) is 13.1 Å². The third kappa shape index (κ3) is 3.25. The number of hydrogen-bond acceptors (Lipinski definition) is 3. The van der Waals surface area contributed by atoms with E-state index in [1.807, 2.05) is 18.2 Å². The van der Waals surface area contributed by atoms with Gasteiger partial charge in [0.1, 0.15) is 11.5 Å². The molecule has 1 saturated heterocycles. The molecule has 0 radical (unpaired) electrons. The van der Waals surface area contributed by atoms with Crippen LogP contribution in [0.3, 0.4) is 0 Å². The summed E-state index contributed by atoms with van der Waals surface area (Å²) in [4.78, 5) is 2.44. The first-order valence-corrected chi connectivity index (χ1v) is 8.09. The highest BCUT2D eigenvalue weighted by Gasteiger charge is 2.17. The Kier molecular flexibility index (Phi) is 4.64. The smallest absolute Gasteiger partial charge is 0.133 e. The second-order valence-electron chi connectivity index (χ2n) is 5.92. The molecule has 0 atom stereocenters. The molecule has 1 heterocycles. The van der Waals surface area contributed by atoms with Gasteiger partial charge >= 0.3 is 0 Å². The van der Waals surface area contributed by atoms with E-state index in [-0.39, 0.29) is 0 Å². The molecule has 0 aliphatic carbocycles. The normalized spacial score (nSPS) is 14.9. The van der Waals surface area contributed by atoms with Crippen LogP contribution in [0.1, 0.15) is 30.4 Å². The van der Waals surface area contributed by atoms with E-state index < -0.39 is 0 Å². The Balaban J connectivity index is 1.88. The van der Waals surface area contributed by atoms with Crippen molar-refractivity contribution >= 4 is 5.69 Å². The largest absolute Gasteiger partial charge is 0.457 e. The lowest BCUT2D eigenvalue weighted by atomic mass is 10.1. The third-order valence-electron chi connectivity index (χ3n) is 4.26. The summed E-state index contributed by atoms with van der Waals surface area (Å²) < 4.78 is 6.08. The van der Waals surface area contributed by atoms with Crippen LogP contribution in [0.25, 0.3) is 0 Å². The van der Waals surface area contributed by atoms with Crippen molar-refractivity contribution in [1.29, 1.82) is 0 Å². The Morgan fingerprint density at radius 1 is 1.00 bits per heavy atom. The highest BCUT2D eigenvalue weighted by molar-refractivity contribution is 5.60. The number of nitrogens with zero attached hydrogens (tertiary/aromatic N) is 1. The predicted molar refractivity (Wildman–Crippen MR) is 91.7 cm³/mol. The Hall–Kier alpha value is -2.00. The number of hydrogen-bond donors (Lipinski definition) is 1. The van der Waals surface area contributed by atoms with Crippen LogP contribution in [0.15, 0.2) is 42.5 Å². The molecule has 0 spiro atoms. The Morgan fingerprint density at radius 3 is 2.41 bits per heavy atom. The molecule has 116 valence electrons. The number of benzene rings is 2. The minimum atomic E-state index is 0.494. The first-order chi connectivity index (χ1) is 10.8. The summed E-state index contributed by atoms with van der Waals surface area (Å²) in [6, 6.07) is 14.4. The van der Waals surface area contributed by atoms with Crippen LogP contribution < -0.4 is 15.4 Å². The van der Waals surface area contributed by atoms with Crippen molar-refractivity contribution in [1.82, 2.24) is 0 Å². The molecule has 0 amide bonds. The molecular formula is C19H24N2O. The molecule has 1 aliphatic heterocycles. The maximum atomic E-state index is 6.08. The second kappa shape index (κ2) is 6.84. The van der Waals surface area contributed by atoms with Gasteiger partial charge in [-0.1, -0.05) is 23.8 Å². The average molecular weight is 296 g/mol. The molecule has 0 unspecified atom stereocenters. The van der Waals surface area contributed by atoms with Gasteiger partial charge in [-0.2, -0.15) is 0 Å².